The number of aromatic nitrogens is 6. The zero-order valence-corrected chi connectivity index (χ0v) is 27.2. The lowest BCUT2D eigenvalue weighted by Gasteiger charge is -2.29. The molecule has 1 N–H and O–H groups in total. The minimum Gasteiger partial charge on any atom is -0.444 e. The van der Waals surface area contributed by atoms with Crippen LogP contribution in [-0.4, -0.2) is 59.0 Å². The van der Waals surface area contributed by atoms with Crippen molar-refractivity contribution in [3.05, 3.63) is 94.0 Å². The number of carbonyl (C=O) groups is 2. The van der Waals surface area contributed by atoms with E-state index in [9.17, 15) is 9.59 Å². The summed E-state index contributed by atoms with van der Waals surface area (Å²) in [6, 6.07) is 14.7. The number of nitrogens with zero attached hydrogens (tertiary/aromatic N) is 7. The second kappa shape index (κ2) is 12.5. The molecule has 13 heteroatoms. The molecule has 5 aromatic rings. The predicted octanol–water partition coefficient (Wildman–Crippen LogP) is 6.04. The zero-order chi connectivity index (χ0) is 32.5. The average Bonchev–Trinajstić information content (AvgIpc) is 3.83. The van der Waals surface area contributed by atoms with Crippen molar-refractivity contribution in [2.75, 3.05) is 6.54 Å². The Morgan fingerprint density at radius 1 is 1.09 bits per heavy atom. The van der Waals surface area contributed by atoms with Gasteiger partial charge >= 0.3 is 6.09 Å². The number of benzene rings is 1. The number of alkyl carbamates (subject to hydrolysis) is 1. The van der Waals surface area contributed by atoms with Gasteiger partial charge in [-0.3, -0.25) is 4.79 Å². The van der Waals surface area contributed by atoms with E-state index in [1.807, 2.05) is 47.5 Å². The van der Waals surface area contributed by atoms with E-state index in [2.05, 4.69) is 25.6 Å². The highest BCUT2D eigenvalue weighted by atomic mass is 32.1. The van der Waals surface area contributed by atoms with Crippen LogP contribution in [0.3, 0.4) is 0 Å². The molecule has 0 spiro atoms. The molecule has 1 aliphatic rings. The molecule has 2 atom stereocenters. The first-order valence-electron chi connectivity index (χ1n) is 15.1. The van der Waals surface area contributed by atoms with Gasteiger partial charge in [-0.1, -0.05) is 30.3 Å². The number of ether oxygens (including phenoxy) is 1. The molecule has 4 aromatic heterocycles. The molecule has 6 rings (SSSR count). The first kappa shape index (κ1) is 31.1. The zero-order valence-electron chi connectivity index (χ0n) is 26.4. The van der Waals surface area contributed by atoms with Gasteiger partial charge in [0.05, 0.1) is 6.04 Å². The van der Waals surface area contributed by atoms with Gasteiger partial charge in [0.25, 0.3) is 11.8 Å². The van der Waals surface area contributed by atoms with Gasteiger partial charge in [0.1, 0.15) is 21.8 Å². The van der Waals surface area contributed by atoms with Crippen molar-refractivity contribution >= 4 is 23.3 Å². The van der Waals surface area contributed by atoms with Crippen molar-refractivity contribution in [1.29, 1.82) is 0 Å². The van der Waals surface area contributed by atoms with Crippen molar-refractivity contribution in [2.45, 2.75) is 71.1 Å². The van der Waals surface area contributed by atoms with Gasteiger partial charge in [0, 0.05) is 42.0 Å². The number of hydrogen-bond acceptors (Lipinski definition) is 10. The Morgan fingerprint density at radius 2 is 1.89 bits per heavy atom. The van der Waals surface area contributed by atoms with Gasteiger partial charge in [-0.2, -0.15) is 5.10 Å². The topological polar surface area (TPSA) is 141 Å². The summed E-state index contributed by atoms with van der Waals surface area (Å²) in [7, 11) is 0. The normalized spacial score (nSPS) is 16.3. The maximum atomic E-state index is 14.1. The molecule has 0 saturated carbocycles. The summed E-state index contributed by atoms with van der Waals surface area (Å²) in [6.45, 7) is 9.77. The highest BCUT2D eigenvalue weighted by Crippen LogP contribution is 2.36. The van der Waals surface area contributed by atoms with E-state index in [-0.39, 0.29) is 23.7 Å². The van der Waals surface area contributed by atoms with E-state index >= 15 is 0 Å². The Hall–Kier alpha value is -4.91. The molecule has 5 heterocycles. The molecule has 238 valence electrons. The number of carbonyl (C=O) groups excluding carboxylic acids is 2. The van der Waals surface area contributed by atoms with Gasteiger partial charge in [-0.05, 0) is 71.2 Å². The Balaban J connectivity index is 1.36. The van der Waals surface area contributed by atoms with Crippen LogP contribution in [-0.2, 0) is 16.7 Å². The SMILES string of the molecule is Cc1csc([C@H]2CCCN2C(=O)c2cc(-c3nnc([C@@](C)(Cc4ccccc4)NC(=O)OC(C)(C)C)o3)nc(-n3cccn3)c2)n1. The predicted molar refractivity (Wildman–Crippen MR) is 171 cm³/mol. The second-order valence-electron chi connectivity index (χ2n) is 12.6. The van der Waals surface area contributed by atoms with E-state index in [4.69, 9.17) is 14.1 Å². The van der Waals surface area contributed by atoms with Crippen LogP contribution >= 0.6 is 11.3 Å². The van der Waals surface area contributed by atoms with Crippen LogP contribution in [0.1, 0.15) is 79.1 Å². The van der Waals surface area contributed by atoms with Gasteiger partial charge in [-0.25, -0.2) is 19.4 Å². The van der Waals surface area contributed by atoms with Crippen molar-refractivity contribution in [3.63, 3.8) is 0 Å². The molecule has 0 aliphatic carbocycles. The van der Waals surface area contributed by atoms with Crippen molar-refractivity contribution in [3.8, 4) is 17.4 Å². The molecular weight excluding hydrogens is 604 g/mol. The third-order valence-electron chi connectivity index (χ3n) is 7.53. The van der Waals surface area contributed by atoms with Crippen LogP contribution in [0, 0.1) is 6.92 Å². The van der Waals surface area contributed by atoms with Crippen molar-refractivity contribution in [2.24, 2.45) is 0 Å². The van der Waals surface area contributed by atoms with E-state index in [0.717, 1.165) is 29.1 Å². The Labute approximate surface area is 270 Å². The molecule has 1 saturated heterocycles. The number of hydrogen-bond donors (Lipinski definition) is 1. The fourth-order valence-corrected chi connectivity index (χ4v) is 6.43. The number of nitrogens with one attached hydrogen (secondary N) is 1. The summed E-state index contributed by atoms with van der Waals surface area (Å²) >= 11 is 1.57. The fraction of sp³-hybridized carbons (Fsp3) is 0.364. The molecule has 2 amide bonds. The highest BCUT2D eigenvalue weighted by Gasteiger charge is 2.37. The standard InChI is InChI=1S/C33H36N8O4S/c1-21-20-46-28(35-21)25-13-9-15-40(25)29(42)23-17-24(36-26(18-23)41-16-10-14-34-41)27-38-39-30(44-27)33(5,19-22-11-7-6-8-12-22)37-31(43)45-32(2,3)4/h6-8,10-12,14,16-18,20,25H,9,13,15,19H2,1-5H3,(H,37,43)/t25-,33-/m1/s1. The van der Waals surface area contributed by atoms with Crippen LogP contribution in [0.15, 0.2) is 70.7 Å². The lowest BCUT2D eigenvalue weighted by atomic mass is 9.92. The minimum atomic E-state index is -1.12. The first-order chi connectivity index (χ1) is 22.0. The lowest BCUT2D eigenvalue weighted by molar-refractivity contribution is 0.0443. The highest BCUT2D eigenvalue weighted by molar-refractivity contribution is 7.09. The Morgan fingerprint density at radius 3 is 2.59 bits per heavy atom. The molecule has 0 bridgehead atoms. The van der Waals surface area contributed by atoms with Crippen LogP contribution in [0.25, 0.3) is 17.4 Å². The molecular formula is C33H36N8O4S. The number of amides is 2. The van der Waals surface area contributed by atoms with Crippen molar-refractivity contribution in [1.82, 2.24) is 40.2 Å². The molecule has 0 unspecified atom stereocenters. The quantitative estimate of drug-likeness (QED) is 0.215. The summed E-state index contributed by atoms with van der Waals surface area (Å²) in [5, 5.41) is 18.9. The van der Waals surface area contributed by atoms with E-state index < -0.39 is 17.2 Å². The summed E-state index contributed by atoms with van der Waals surface area (Å²) < 4.78 is 13.4. The Bertz CT molecular complexity index is 1830. The summed E-state index contributed by atoms with van der Waals surface area (Å²) in [4.78, 5) is 38.3. The smallest absolute Gasteiger partial charge is 0.408 e. The molecule has 12 nitrogen and oxygen atoms in total. The van der Waals surface area contributed by atoms with Gasteiger partial charge in [-0.15, -0.1) is 21.5 Å². The van der Waals surface area contributed by atoms with Crippen LogP contribution in [0.4, 0.5) is 4.79 Å². The fourth-order valence-electron chi connectivity index (χ4n) is 5.48. The molecule has 1 aliphatic heterocycles. The van der Waals surface area contributed by atoms with Crippen LogP contribution in [0.5, 0.6) is 0 Å². The third-order valence-corrected chi connectivity index (χ3v) is 8.59. The number of aryl methyl sites for hydroxylation is 1. The summed E-state index contributed by atoms with van der Waals surface area (Å²) in [5.74, 6) is 0.532. The van der Waals surface area contributed by atoms with E-state index in [1.54, 1.807) is 74.3 Å². The third kappa shape index (κ3) is 6.84. The Kier molecular flexibility index (Phi) is 8.43. The summed E-state index contributed by atoms with van der Waals surface area (Å²) in [6.07, 6.45) is 4.85. The number of likely N-dealkylation sites (tertiary alicyclic amines) is 1. The number of rotatable bonds is 8. The second-order valence-corrected chi connectivity index (χ2v) is 13.5. The van der Waals surface area contributed by atoms with Crippen LogP contribution in [0.2, 0.25) is 0 Å². The molecule has 46 heavy (non-hydrogen) atoms. The minimum absolute atomic E-state index is 0.0939. The van der Waals surface area contributed by atoms with E-state index in [1.165, 1.54) is 0 Å². The molecule has 0 radical (unpaired) electrons. The van der Waals surface area contributed by atoms with E-state index in [0.29, 0.717) is 30.0 Å². The number of pyridine rings is 1. The molecule has 1 fully saturated rings. The maximum absolute atomic E-state index is 14.1. The number of thiazole rings is 1. The molecule has 1 aromatic carbocycles. The largest absolute Gasteiger partial charge is 0.444 e. The monoisotopic (exact) mass is 640 g/mol. The lowest BCUT2D eigenvalue weighted by Crippen LogP contribution is -2.47. The van der Waals surface area contributed by atoms with Crippen LogP contribution < -0.4 is 5.32 Å². The van der Waals surface area contributed by atoms with Crippen molar-refractivity contribution < 1.29 is 18.7 Å². The van der Waals surface area contributed by atoms with Gasteiger partial charge in [0.15, 0.2) is 5.82 Å². The van der Waals surface area contributed by atoms with Gasteiger partial charge in [0.2, 0.25) is 5.89 Å². The maximum Gasteiger partial charge on any atom is 0.408 e. The van der Waals surface area contributed by atoms with Gasteiger partial charge < -0.3 is 19.4 Å². The summed E-state index contributed by atoms with van der Waals surface area (Å²) in [5.41, 5.74) is 0.776. The first-order valence-corrected chi connectivity index (χ1v) is 16.0. The average molecular weight is 641 g/mol.